The van der Waals surface area contributed by atoms with E-state index >= 15 is 0 Å². The van der Waals surface area contributed by atoms with Gasteiger partial charge in [0.05, 0.1) is 10.4 Å². The minimum absolute atomic E-state index is 0.234. The van der Waals surface area contributed by atoms with Crippen LogP contribution in [0.25, 0.3) is 10.9 Å². The molecule has 0 saturated heterocycles. The largest absolute Gasteiger partial charge is 0.343 e. The van der Waals surface area contributed by atoms with Gasteiger partial charge < -0.3 is 4.57 Å². The number of aromatic nitrogens is 1. The van der Waals surface area contributed by atoms with E-state index in [0.717, 1.165) is 35.4 Å². The van der Waals surface area contributed by atoms with Crippen LogP contribution in [0.1, 0.15) is 24.4 Å². The molecule has 0 spiro atoms. The van der Waals surface area contributed by atoms with Crippen LogP contribution in [0, 0.1) is 18.6 Å². The summed E-state index contributed by atoms with van der Waals surface area (Å²) in [6.45, 7) is 2.00. The van der Waals surface area contributed by atoms with Gasteiger partial charge in [0.2, 0.25) is 5.43 Å². The number of nitrogens with zero attached hydrogens (tertiary/aromatic N) is 1. The third-order valence-electron chi connectivity index (χ3n) is 4.23. The standard InChI is InChI=1S/C19H15F2NOS/c1-11-2-6-13(7-3-11)24-18-10-22(12-4-5-12)17-9-16(21)15(20)8-14(17)19(18)23/h2-3,6-10,12H,4-5H2,1H3. The van der Waals surface area contributed by atoms with Crippen molar-refractivity contribution in [1.29, 1.82) is 0 Å². The van der Waals surface area contributed by atoms with E-state index in [1.807, 2.05) is 35.8 Å². The Bertz CT molecular complexity index is 991. The first-order chi connectivity index (χ1) is 11.5. The number of rotatable bonds is 3. The summed E-state index contributed by atoms with van der Waals surface area (Å²) in [5.41, 5.74) is 1.35. The highest BCUT2D eigenvalue weighted by molar-refractivity contribution is 7.99. The molecule has 1 heterocycles. The molecule has 0 unspecified atom stereocenters. The first kappa shape index (κ1) is 15.4. The molecule has 122 valence electrons. The second-order valence-electron chi connectivity index (χ2n) is 6.16. The lowest BCUT2D eigenvalue weighted by Gasteiger charge is -2.13. The molecule has 1 saturated carbocycles. The number of benzene rings is 2. The molecule has 0 bridgehead atoms. The van der Waals surface area contributed by atoms with Gasteiger partial charge in [-0.15, -0.1) is 0 Å². The number of fused-ring (bicyclic) bond motifs is 1. The summed E-state index contributed by atoms with van der Waals surface area (Å²) in [4.78, 5) is 14.2. The summed E-state index contributed by atoms with van der Waals surface area (Å²) in [5, 5.41) is 0.234. The average molecular weight is 343 g/mol. The van der Waals surface area contributed by atoms with Crippen LogP contribution in [0.5, 0.6) is 0 Å². The van der Waals surface area contributed by atoms with Crippen LogP contribution in [0.3, 0.4) is 0 Å². The number of halogens is 2. The van der Waals surface area contributed by atoms with Crippen molar-refractivity contribution in [3.8, 4) is 0 Å². The molecule has 0 radical (unpaired) electrons. The molecule has 2 aromatic carbocycles. The highest BCUT2D eigenvalue weighted by Gasteiger charge is 2.26. The van der Waals surface area contributed by atoms with Gasteiger partial charge in [0.25, 0.3) is 0 Å². The Hall–Kier alpha value is -2.14. The minimum Gasteiger partial charge on any atom is -0.343 e. The van der Waals surface area contributed by atoms with Crippen molar-refractivity contribution in [3.05, 3.63) is 70.0 Å². The zero-order valence-electron chi connectivity index (χ0n) is 13.1. The van der Waals surface area contributed by atoms with Crippen molar-refractivity contribution in [1.82, 2.24) is 4.57 Å². The molecule has 0 atom stereocenters. The van der Waals surface area contributed by atoms with E-state index in [4.69, 9.17) is 0 Å². The van der Waals surface area contributed by atoms with Crippen LogP contribution < -0.4 is 5.43 Å². The molecular formula is C19H15F2NOS. The summed E-state index contributed by atoms with van der Waals surface area (Å²) in [6.07, 6.45) is 3.77. The van der Waals surface area contributed by atoms with Gasteiger partial charge in [-0.3, -0.25) is 4.79 Å². The molecule has 0 amide bonds. The van der Waals surface area contributed by atoms with E-state index in [2.05, 4.69) is 0 Å². The summed E-state index contributed by atoms with van der Waals surface area (Å²) in [7, 11) is 0. The maximum Gasteiger partial charge on any atom is 0.203 e. The Kier molecular flexibility index (Phi) is 3.68. The van der Waals surface area contributed by atoms with Gasteiger partial charge in [0, 0.05) is 28.6 Å². The van der Waals surface area contributed by atoms with Gasteiger partial charge in [-0.05, 0) is 38.0 Å². The van der Waals surface area contributed by atoms with E-state index in [9.17, 15) is 13.6 Å². The fourth-order valence-corrected chi connectivity index (χ4v) is 3.67. The minimum atomic E-state index is -0.987. The van der Waals surface area contributed by atoms with Crippen LogP contribution in [-0.2, 0) is 0 Å². The molecule has 1 fully saturated rings. The van der Waals surface area contributed by atoms with Crippen molar-refractivity contribution < 1.29 is 8.78 Å². The van der Waals surface area contributed by atoms with Crippen LogP contribution in [-0.4, -0.2) is 4.57 Å². The number of hydrogen-bond donors (Lipinski definition) is 0. The Morgan fingerprint density at radius 3 is 2.42 bits per heavy atom. The third-order valence-corrected chi connectivity index (χ3v) is 5.25. The van der Waals surface area contributed by atoms with Crippen molar-refractivity contribution in [2.24, 2.45) is 0 Å². The Balaban J connectivity index is 1.89. The second kappa shape index (κ2) is 5.74. The van der Waals surface area contributed by atoms with Gasteiger partial charge in [-0.25, -0.2) is 8.78 Å². The Morgan fingerprint density at radius 1 is 1.08 bits per heavy atom. The van der Waals surface area contributed by atoms with Crippen molar-refractivity contribution in [3.63, 3.8) is 0 Å². The monoisotopic (exact) mass is 343 g/mol. The molecule has 0 N–H and O–H groups in total. The lowest BCUT2D eigenvalue weighted by Crippen LogP contribution is -2.12. The fraction of sp³-hybridized carbons (Fsp3) is 0.211. The summed E-state index contributed by atoms with van der Waals surface area (Å²) in [6, 6.07) is 10.3. The molecule has 1 aromatic heterocycles. The van der Waals surface area contributed by atoms with E-state index in [0.29, 0.717) is 10.4 Å². The van der Waals surface area contributed by atoms with E-state index in [-0.39, 0.29) is 16.9 Å². The molecule has 1 aliphatic rings. The molecule has 3 aromatic rings. The zero-order chi connectivity index (χ0) is 16.8. The van der Waals surface area contributed by atoms with E-state index < -0.39 is 11.6 Å². The maximum atomic E-state index is 13.7. The summed E-state index contributed by atoms with van der Waals surface area (Å²) in [5.74, 6) is -1.91. The Labute approximate surface area is 142 Å². The predicted octanol–water partition coefficient (Wildman–Crippen LogP) is 5.07. The quantitative estimate of drug-likeness (QED) is 0.662. The number of pyridine rings is 1. The van der Waals surface area contributed by atoms with Crippen LogP contribution in [0.15, 0.2) is 57.2 Å². The highest BCUT2D eigenvalue weighted by atomic mass is 32.2. The number of aryl methyl sites for hydroxylation is 1. The van der Waals surface area contributed by atoms with E-state index in [1.54, 1.807) is 6.20 Å². The molecule has 5 heteroatoms. The summed E-state index contributed by atoms with van der Waals surface area (Å²) < 4.78 is 29.2. The fourth-order valence-electron chi connectivity index (χ4n) is 2.78. The van der Waals surface area contributed by atoms with Gasteiger partial charge in [-0.1, -0.05) is 29.5 Å². The molecule has 4 rings (SSSR count). The molecule has 0 aliphatic heterocycles. The van der Waals surface area contributed by atoms with Crippen molar-refractivity contribution in [2.45, 2.75) is 35.6 Å². The number of hydrogen-bond acceptors (Lipinski definition) is 2. The molecule has 2 nitrogen and oxygen atoms in total. The van der Waals surface area contributed by atoms with Gasteiger partial charge in [0.15, 0.2) is 11.6 Å². The average Bonchev–Trinajstić information content (AvgIpc) is 3.39. The van der Waals surface area contributed by atoms with Crippen LogP contribution in [0.2, 0.25) is 0 Å². The Morgan fingerprint density at radius 2 is 1.75 bits per heavy atom. The van der Waals surface area contributed by atoms with Gasteiger partial charge >= 0.3 is 0 Å². The molecular weight excluding hydrogens is 328 g/mol. The zero-order valence-corrected chi connectivity index (χ0v) is 13.9. The smallest absolute Gasteiger partial charge is 0.203 e. The second-order valence-corrected chi connectivity index (χ2v) is 7.27. The maximum absolute atomic E-state index is 13.7. The van der Waals surface area contributed by atoms with Crippen LogP contribution >= 0.6 is 11.8 Å². The van der Waals surface area contributed by atoms with E-state index in [1.165, 1.54) is 11.8 Å². The first-order valence-corrected chi connectivity index (χ1v) is 8.63. The molecule has 1 aliphatic carbocycles. The predicted molar refractivity (Wildman–Crippen MR) is 91.7 cm³/mol. The van der Waals surface area contributed by atoms with Crippen molar-refractivity contribution >= 4 is 22.7 Å². The first-order valence-electron chi connectivity index (χ1n) is 7.81. The van der Waals surface area contributed by atoms with Crippen molar-refractivity contribution in [2.75, 3.05) is 0 Å². The van der Waals surface area contributed by atoms with Gasteiger partial charge in [-0.2, -0.15) is 0 Å². The normalized spacial score (nSPS) is 14.3. The van der Waals surface area contributed by atoms with Gasteiger partial charge in [0.1, 0.15) is 0 Å². The topological polar surface area (TPSA) is 22.0 Å². The SMILES string of the molecule is Cc1ccc(Sc2cn(C3CC3)c3cc(F)c(F)cc3c2=O)cc1. The lowest BCUT2D eigenvalue weighted by molar-refractivity contribution is 0.510. The lowest BCUT2D eigenvalue weighted by atomic mass is 10.2. The molecule has 24 heavy (non-hydrogen) atoms. The highest BCUT2D eigenvalue weighted by Crippen LogP contribution is 2.38. The van der Waals surface area contributed by atoms with Crippen LogP contribution in [0.4, 0.5) is 8.78 Å². The summed E-state index contributed by atoms with van der Waals surface area (Å²) >= 11 is 1.36. The third kappa shape index (κ3) is 2.73.